The molecule has 5 heteroatoms. The highest BCUT2D eigenvalue weighted by atomic mass is 16.5. The summed E-state index contributed by atoms with van der Waals surface area (Å²) >= 11 is 0. The molecule has 0 saturated carbocycles. The second-order valence-electron chi connectivity index (χ2n) is 5.02. The van der Waals surface area contributed by atoms with Gasteiger partial charge in [-0.15, -0.1) is 0 Å². The van der Waals surface area contributed by atoms with Gasteiger partial charge in [0.05, 0.1) is 24.4 Å². The lowest BCUT2D eigenvalue weighted by Crippen LogP contribution is -2.44. The van der Waals surface area contributed by atoms with Crippen molar-refractivity contribution in [1.82, 2.24) is 15.4 Å². The Labute approximate surface area is 108 Å². The number of hydrogen-bond donors (Lipinski definition) is 1. The molecular weight excluding hydrogens is 230 g/mol. The minimum absolute atomic E-state index is 0.290. The zero-order valence-electron chi connectivity index (χ0n) is 11.5. The topological polar surface area (TPSA) is 50.5 Å². The van der Waals surface area contributed by atoms with Gasteiger partial charge in [-0.2, -0.15) is 0 Å². The lowest BCUT2D eigenvalue weighted by molar-refractivity contribution is -0.0721. The Bertz CT molecular complexity index is 357. The van der Waals surface area contributed by atoms with Gasteiger partial charge < -0.3 is 14.6 Å². The van der Waals surface area contributed by atoms with Crippen molar-refractivity contribution >= 4 is 0 Å². The second-order valence-corrected chi connectivity index (χ2v) is 5.02. The molecule has 18 heavy (non-hydrogen) atoms. The third kappa shape index (κ3) is 3.80. The molecule has 0 amide bonds. The lowest BCUT2D eigenvalue weighted by Gasteiger charge is -2.34. The highest BCUT2D eigenvalue weighted by molar-refractivity contribution is 5.05. The highest BCUT2D eigenvalue weighted by Gasteiger charge is 2.23. The van der Waals surface area contributed by atoms with Gasteiger partial charge in [0.2, 0.25) is 0 Å². The summed E-state index contributed by atoms with van der Waals surface area (Å²) in [6, 6.07) is 2.04. The Hall–Kier alpha value is -0.910. The number of aromatic nitrogens is 1. The van der Waals surface area contributed by atoms with Crippen LogP contribution in [0, 0.1) is 0 Å². The van der Waals surface area contributed by atoms with Crippen molar-refractivity contribution in [1.29, 1.82) is 0 Å². The van der Waals surface area contributed by atoms with Gasteiger partial charge in [-0.3, -0.25) is 4.90 Å². The molecule has 1 N–H and O–H groups in total. The van der Waals surface area contributed by atoms with Crippen LogP contribution in [0.1, 0.15) is 32.2 Å². The summed E-state index contributed by atoms with van der Waals surface area (Å²) in [6.45, 7) is 10.7. The van der Waals surface area contributed by atoms with Crippen molar-refractivity contribution in [3.63, 3.8) is 0 Å². The Balaban J connectivity index is 1.86. The summed E-state index contributed by atoms with van der Waals surface area (Å²) in [5, 5.41) is 7.30. The summed E-state index contributed by atoms with van der Waals surface area (Å²) in [4.78, 5) is 2.36. The molecule has 1 aromatic rings. The van der Waals surface area contributed by atoms with Crippen molar-refractivity contribution < 1.29 is 9.26 Å². The summed E-state index contributed by atoms with van der Waals surface area (Å²) in [5.74, 6) is 0.934. The van der Waals surface area contributed by atoms with E-state index in [2.05, 4.69) is 36.1 Å². The first-order valence-corrected chi connectivity index (χ1v) is 6.70. The molecular formula is C13H23N3O2. The molecule has 0 unspecified atom stereocenters. The molecule has 0 spiro atoms. The molecule has 102 valence electrons. The summed E-state index contributed by atoms with van der Waals surface area (Å²) in [5.41, 5.74) is 0.973. The predicted molar refractivity (Wildman–Crippen MR) is 69.2 cm³/mol. The molecule has 5 nitrogen and oxygen atoms in total. The minimum atomic E-state index is 0.290. The molecule has 0 radical (unpaired) electrons. The van der Waals surface area contributed by atoms with E-state index < -0.39 is 0 Å². The van der Waals surface area contributed by atoms with E-state index in [9.17, 15) is 0 Å². The van der Waals surface area contributed by atoms with E-state index in [4.69, 9.17) is 9.26 Å². The van der Waals surface area contributed by atoms with E-state index in [1.807, 2.05) is 6.07 Å². The van der Waals surface area contributed by atoms with Crippen LogP contribution in [-0.2, 0) is 17.8 Å². The van der Waals surface area contributed by atoms with Crippen LogP contribution in [-0.4, -0.2) is 41.9 Å². The average Bonchev–Trinajstić information content (AvgIpc) is 2.72. The molecule has 2 rings (SSSR count). The number of rotatable bonds is 5. The van der Waals surface area contributed by atoms with Gasteiger partial charge in [0.25, 0.3) is 0 Å². The number of ether oxygens (including phenoxy) is 1. The monoisotopic (exact) mass is 253 g/mol. The highest BCUT2D eigenvalue weighted by Crippen LogP contribution is 2.14. The summed E-state index contributed by atoms with van der Waals surface area (Å²) < 4.78 is 11.1. The Morgan fingerprint density at radius 1 is 1.39 bits per heavy atom. The van der Waals surface area contributed by atoms with E-state index in [-0.39, 0.29) is 12.2 Å². The third-order valence-electron chi connectivity index (χ3n) is 3.04. The molecule has 2 atom stereocenters. The van der Waals surface area contributed by atoms with Crippen molar-refractivity contribution in [3.05, 3.63) is 17.5 Å². The molecule has 1 saturated heterocycles. The van der Waals surface area contributed by atoms with E-state index in [1.54, 1.807) is 0 Å². The standard InChI is InChI=1S/C13H23N3O2/c1-4-14-6-12-5-13(18-15-12)9-16-7-10(2)17-11(3)8-16/h5,10-11,14H,4,6-9H2,1-3H3/t10-,11+. The van der Waals surface area contributed by atoms with Gasteiger partial charge in [-0.05, 0) is 20.4 Å². The number of nitrogens with one attached hydrogen (secondary N) is 1. The van der Waals surface area contributed by atoms with Gasteiger partial charge >= 0.3 is 0 Å². The van der Waals surface area contributed by atoms with Gasteiger partial charge in [-0.25, -0.2) is 0 Å². The number of hydrogen-bond acceptors (Lipinski definition) is 5. The molecule has 0 aliphatic carbocycles. The molecule has 1 aliphatic heterocycles. The van der Waals surface area contributed by atoms with Crippen molar-refractivity contribution in [2.24, 2.45) is 0 Å². The van der Waals surface area contributed by atoms with Crippen LogP contribution < -0.4 is 5.32 Å². The fraction of sp³-hybridized carbons (Fsp3) is 0.769. The maximum absolute atomic E-state index is 5.71. The van der Waals surface area contributed by atoms with Gasteiger partial charge in [-0.1, -0.05) is 12.1 Å². The van der Waals surface area contributed by atoms with Crippen LogP contribution in [0.5, 0.6) is 0 Å². The third-order valence-corrected chi connectivity index (χ3v) is 3.04. The van der Waals surface area contributed by atoms with Crippen molar-refractivity contribution in [2.75, 3.05) is 19.6 Å². The smallest absolute Gasteiger partial charge is 0.151 e. The molecule has 1 fully saturated rings. The maximum atomic E-state index is 5.71. The Morgan fingerprint density at radius 2 is 2.11 bits per heavy atom. The quantitative estimate of drug-likeness (QED) is 0.859. The number of morpholine rings is 1. The van der Waals surface area contributed by atoms with Gasteiger partial charge in [0, 0.05) is 25.7 Å². The minimum Gasteiger partial charge on any atom is -0.373 e. The molecule has 1 aromatic heterocycles. The van der Waals surface area contributed by atoms with E-state index in [0.717, 1.165) is 44.2 Å². The van der Waals surface area contributed by atoms with Crippen LogP contribution in [0.25, 0.3) is 0 Å². The SMILES string of the molecule is CCNCc1cc(CN2C[C@@H](C)O[C@@H](C)C2)on1. The van der Waals surface area contributed by atoms with Crippen LogP contribution >= 0.6 is 0 Å². The first kappa shape index (κ1) is 13.5. The second kappa shape index (κ2) is 6.31. The van der Waals surface area contributed by atoms with Crippen LogP contribution in [0.3, 0.4) is 0 Å². The van der Waals surface area contributed by atoms with E-state index >= 15 is 0 Å². The van der Waals surface area contributed by atoms with Gasteiger partial charge in [0.1, 0.15) is 0 Å². The maximum Gasteiger partial charge on any atom is 0.151 e. The van der Waals surface area contributed by atoms with Crippen LogP contribution in [0.15, 0.2) is 10.6 Å². The Morgan fingerprint density at radius 3 is 2.78 bits per heavy atom. The first-order chi connectivity index (χ1) is 8.67. The van der Waals surface area contributed by atoms with Crippen molar-refractivity contribution in [3.8, 4) is 0 Å². The average molecular weight is 253 g/mol. The molecule has 0 aromatic carbocycles. The summed E-state index contributed by atoms with van der Waals surface area (Å²) in [6.07, 6.45) is 0.579. The van der Waals surface area contributed by atoms with E-state index in [0.29, 0.717) is 0 Å². The van der Waals surface area contributed by atoms with Crippen LogP contribution in [0.2, 0.25) is 0 Å². The molecule has 0 bridgehead atoms. The predicted octanol–water partition coefficient (Wildman–Crippen LogP) is 1.39. The fourth-order valence-corrected chi connectivity index (χ4v) is 2.40. The van der Waals surface area contributed by atoms with E-state index in [1.165, 1.54) is 0 Å². The van der Waals surface area contributed by atoms with Crippen LogP contribution in [0.4, 0.5) is 0 Å². The molecule has 1 aliphatic rings. The lowest BCUT2D eigenvalue weighted by atomic mass is 10.2. The normalized spacial score (nSPS) is 25.5. The Kier molecular flexibility index (Phi) is 4.74. The first-order valence-electron chi connectivity index (χ1n) is 6.70. The fourth-order valence-electron chi connectivity index (χ4n) is 2.40. The summed E-state index contributed by atoms with van der Waals surface area (Å²) in [7, 11) is 0. The van der Waals surface area contributed by atoms with Gasteiger partial charge in [0.15, 0.2) is 5.76 Å². The van der Waals surface area contributed by atoms with Crippen molar-refractivity contribution in [2.45, 2.75) is 46.1 Å². The zero-order valence-corrected chi connectivity index (χ0v) is 11.5. The largest absolute Gasteiger partial charge is 0.373 e. The molecule has 2 heterocycles. The number of nitrogens with zero attached hydrogens (tertiary/aromatic N) is 2. The zero-order chi connectivity index (χ0) is 13.0.